The standard InChI is InChI=1S/C11H9F3N2/c1-2-7-16-9-6-4-3-5-8(9)15-10(16)11(12,13)14/h2-6H,1,7H2/p+1. The quantitative estimate of drug-likeness (QED) is 0.601. The van der Waals surface area contributed by atoms with Crippen molar-refractivity contribution < 1.29 is 17.7 Å². The first-order valence-corrected chi connectivity index (χ1v) is 4.72. The number of aromatic amines is 1. The lowest BCUT2D eigenvalue weighted by molar-refractivity contribution is -0.681. The van der Waals surface area contributed by atoms with Crippen LogP contribution in [0.3, 0.4) is 0 Å². The number of benzene rings is 1. The Morgan fingerprint density at radius 1 is 1.31 bits per heavy atom. The summed E-state index contributed by atoms with van der Waals surface area (Å²) in [6, 6.07) is 6.65. The Morgan fingerprint density at radius 2 is 2.00 bits per heavy atom. The van der Waals surface area contributed by atoms with E-state index in [0.29, 0.717) is 11.0 Å². The van der Waals surface area contributed by atoms with E-state index in [1.165, 1.54) is 10.6 Å². The Balaban J connectivity index is 2.72. The van der Waals surface area contributed by atoms with Gasteiger partial charge in [0.25, 0.3) is 0 Å². The molecule has 0 radical (unpaired) electrons. The summed E-state index contributed by atoms with van der Waals surface area (Å²) in [5, 5.41) is 0. The fourth-order valence-corrected chi connectivity index (χ4v) is 1.67. The van der Waals surface area contributed by atoms with Gasteiger partial charge >= 0.3 is 12.0 Å². The number of alkyl halides is 3. The van der Waals surface area contributed by atoms with Gasteiger partial charge in [0.2, 0.25) is 0 Å². The molecule has 84 valence electrons. The summed E-state index contributed by atoms with van der Waals surface area (Å²) in [6.45, 7) is 3.59. The molecule has 16 heavy (non-hydrogen) atoms. The number of halogens is 3. The monoisotopic (exact) mass is 227 g/mol. The number of fused-ring (bicyclic) bond motifs is 1. The van der Waals surface area contributed by atoms with Gasteiger partial charge in [-0.3, -0.25) is 0 Å². The molecule has 2 aromatic rings. The van der Waals surface area contributed by atoms with E-state index in [1.54, 1.807) is 24.3 Å². The van der Waals surface area contributed by atoms with Crippen molar-refractivity contribution in [2.75, 3.05) is 0 Å². The Morgan fingerprint density at radius 3 is 2.62 bits per heavy atom. The molecule has 0 saturated heterocycles. The normalized spacial score (nSPS) is 11.9. The van der Waals surface area contributed by atoms with Crippen LogP contribution in [-0.4, -0.2) is 4.98 Å². The molecule has 2 nitrogen and oxygen atoms in total. The zero-order valence-corrected chi connectivity index (χ0v) is 8.38. The van der Waals surface area contributed by atoms with Gasteiger partial charge < -0.3 is 0 Å². The molecule has 0 amide bonds. The van der Waals surface area contributed by atoms with Crippen LogP contribution in [0.2, 0.25) is 0 Å². The average molecular weight is 227 g/mol. The van der Waals surface area contributed by atoms with Gasteiger partial charge in [0, 0.05) is 0 Å². The first-order valence-electron chi connectivity index (χ1n) is 4.72. The van der Waals surface area contributed by atoms with Gasteiger partial charge in [-0.05, 0) is 12.1 Å². The molecular weight excluding hydrogens is 217 g/mol. The predicted molar refractivity (Wildman–Crippen MR) is 53.7 cm³/mol. The summed E-state index contributed by atoms with van der Waals surface area (Å²) in [6.07, 6.45) is -2.95. The zero-order chi connectivity index (χ0) is 11.8. The van der Waals surface area contributed by atoms with Crippen LogP contribution in [-0.2, 0) is 12.7 Å². The molecule has 0 unspecified atom stereocenters. The van der Waals surface area contributed by atoms with Crippen molar-refractivity contribution in [3.05, 3.63) is 42.7 Å². The van der Waals surface area contributed by atoms with E-state index in [9.17, 15) is 13.2 Å². The molecule has 0 saturated carbocycles. The number of aromatic nitrogens is 2. The van der Waals surface area contributed by atoms with Crippen LogP contribution in [0.1, 0.15) is 5.82 Å². The molecule has 1 heterocycles. The predicted octanol–water partition coefficient (Wildman–Crippen LogP) is 2.66. The molecule has 1 N–H and O–H groups in total. The number of para-hydroxylation sites is 2. The number of allylic oxidation sites excluding steroid dienone is 1. The van der Waals surface area contributed by atoms with Gasteiger partial charge in [0.05, 0.1) is 0 Å². The maximum atomic E-state index is 12.7. The van der Waals surface area contributed by atoms with Gasteiger partial charge in [0.1, 0.15) is 6.54 Å². The summed E-state index contributed by atoms with van der Waals surface area (Å²) in [5.74, 6) is -0.756. The molecule has 0 spiro atoms. The SMILES string of the molecule is C=CC[n+]1c(C(F)(F)F)[nH]c2ccccc21. The highest BCUT2D eigenvalue weighted by Crippen LogP contribution is 2.27. The van der Waals surface area contributed by atoms with Crippen LogP contribution in [0, 0.1) is 0 Å². The summed E-state index contributed by atoms with van der Waals surface area (Å²) in [5.41, 5.74) is 0.992. The molecular formula is C11H10F3N2+. The Bertz CT molecular complexity index is 525. The Kier molecular flexibility index (Phi) is 2.46. The summed E-state index contributed by atoms with van der Waals surface area (Å²) in [4.78, 5) is 2.38. The van der Waals surface area contributed by atoms with Crippen molar-refractivity contribution >= 4 is 11.0 Å². The molecule has 0 fully saturated rings. The van der Waals surface area contributed by atoms with Crippen LogP contribution in [0.4, 0.5) is 13.2 Å². The minimum absolute atomic E-state index is 0.124. The van der Waals surface area contributed by atoms with E-state index in [2.05, 4.69) is 11.6 Å². The van der Waals surface area contributed by atoms with Crippen molar-refractivity contribution in [3.8, 4) is 0 Å². The first kappa shape index (κ1) is 10.7. The highest BCUT2D eigenvalue weighted by molar-refractivity contribution is 5.71. The van der Waals surface area contributed by atoms with Gasteiger partial charge in [-0.25, -0.2) is 9.55 Å². The lowest BCUT2D eigenvalue weighted by atomic mass is 10.3. The van der Waals surface area contributed by atoms with Crippen LogP contribution in [0.25, 0.3) is 11.0 Å². The van der Waals surface area contributed by atoms with E-state index in [-0.39, 0.29) is 6.54 Å². The molecule has 0 atom stereocenters. The number of imidazole rings is 1. The van der Waals surface area contributed by atoms with Crippen molar-refractivity contribution in [2.24, 2.45) is 0 Å². The number of nitrogens with zero attached hydrogens (tertiary/aromatic N) is 1. The van der Waals surface area contributed by atoms with Gasteiger partial charge in [-0.2, -0.15) is 13.2 Å². The first-order chi connectivity index (χ1) is 7.54. The fourth-order valence-electron chi connectivity index (χ4n) is 1.67. The molecule has 0 aliphatic carbocycles. The molecule has 1 aromatic carbocycles. The molecule has 0 aliphatic rings. The summed E-state index contributed by atoms with van der Waals surface area (Å²) in [7, 11) is 0. The Hall–Kier alpha value is -1.78. The minimum Gasteiger partial charge on any atom is -0.233 e. The summed E-state index contributed by atoms with van der Waals surface area (Å²) >= 11 is 0. The van der Waals surface area contributed by atoms with Gasteiger partial charge in [-0.1, -0.05) is 24.8 Å². The van der Waals surface area contributed by atoms with E-state index in [1.807, 2.05) is 0 Å². The molecule has 0 aliphatic heterocycles. The number of H-pyrrole nitrogens is 1. The van der Waals surface area contributed by atoms with E-state index in [4.69, 9.17) is 0 Å². The van der Waals surface area contributed by atoms with Crippen LogP contribution in [0.15, 0.2) is 36.9 Å². The van der Waals surface area contributed by atoms with Gasteiger partial charge in [0.15, 0.2) is 11.0 Å². The average Bonchev–Trinajstić information content (AvgIpc) is 2.58. The van der Waals surface area contributed by atoms with Crippen molar-refractivity contribution in [1.82, 2.24) is 4.98 Å². The Labute approximate surface area is 90.0 Å². The smallest absolute Gasteiger partial charge is 0.233 e. The van der Waals surface area contributed by atoms with E-state index < -0.39 is 12.0 Å². The van der Waals surface area contributed by atoms with Crippen LogP contribution in [0.5, 0.6) is 0 Å². The summed E-state index contributed by atoms with van der Waals surface area (Å²) < 4.78 is 39.3. The maximum absolute atomic E-state index is 12.7. The number of hydrogen-bond acceptors (Lipinski definition) is 0. The second-order valence-electron chi connectivity index (χ2n) is 3.39. The largest absolute Gasteiger partial charge is 0.494 e. The van der Waals surface area contributed by atoms with Crippen molar-refractivity contribution in [2.45, 2.75) is 12.7 Å². The zero-order valence-electron chi connectivity index (χ0n) is 8.38. The highest BCUT2D eigenvalue weighted by Gasteiger charge is 2.43. The third-order valence-electron chi connectivity index (χ3n) is 2.30. The topological polar surface area (TPSA) is 19.7 Å². The number of rotatable bonds is 2. The van der Waals surface area contributed by atoms with E-state index >= 15 is 0 Å². The molecule has 5 heteroatoms. The van der Waals surface area contributed by atoms with Crippen molar-refractivity contribution in [1.29, 1.82) is 0 Å². The fraction of sp³-hybridized carbons (Fsp3) is 0.182. The number of hydrogen-bond donors (Lipinski definition) is 1. The number of nitrogens with one attached hydrogen (secondary N) is 1. The minimum atomic E-state index is -4.39. The highest BCUT2D eigenvalue weighted by atomic mass is 19.4. The van der Waals surface area contributed by atoms with Crippen LogP contribution >= 0.6 is 0 Å². The molecule has 1 aromatic heterocycles. The lowest BCUT2D eigenvalue weighted by Crippen LogP contribution is -2.40. The van der Waals surface area contributed by atoms with E-state index in [0.717, 1.165) is 0 Å². The van der Waals surface area contributed by atoms with Gasteiger partial charge in [-0.15, -0.1) is 0 Å². The molecule has 2 rings (SSSR count). The maximum Gasteiger partial charge on any atom is 0.494 e. The molecule has 0 bridgehead atoms. The lowest BCUT2D eigenvalue weighted by Gasteiger charge is -2.01. The third kappa shape index (κ3) is 1.68. The second kappa shape index (κ2) is 3.66. The van der Waals surface area contributed by atoms with Crippen LogP contribution < -0.4 is 4.57 Å². The van der Waals surface area contributed by atoms with Crippen molar-refractivity contribution in [3.63, 3.8) is 0 Å². The third-order valence-corrected chi connectivity index (χ3v) is 2.30. The second-order valence-corrected chi connectivity index (χ2v) is 3.39.